The molecule has 7 aromatic carbocycles. The van der Waals surface area contributed by atoms with Gasteiger partial charge in [-0.3, -0.25) is 0 Å². The summed E-state index contributed by atoms with van der Waals surface area (Å²) >= 11 is 1.87. The van der Waals surface area contributed by atoms with Crippen molar-refractivity contribution in [3.63, 3.8) is 0 Å². The lowest BCUT2D eigenvalue weighted by Crippen LogP contribution is -2.23. The van der Waals surface area contributed by atoms with Crippen LogP contribution in [0.2, 0.25) is 0 Å². The van der Waals surface area contributed by atoms with Crippen LogP contribution in [0.25, 0.3) is 59.7 Å². The van der Waals surface area contributed by atoms with Gasteiger partial charge in [0.05, 0.1) is 10.2 Å². The Bertz CT molecular complexity index is 2730. The maximum atomic E-state index is 5.41. The van der Waals surface area contributed by atoms with E-state index in [4.69, 9.17) is 4.98 Å². The van der Waals surface area contributed by atoms with E-state index in [9.17, 15) is 0 Å². The SMILES string of the molecule is CC1C=CC(C)(c2nc3c(ccc4ccc5ccc(-c6ccc(N(c7ccc8c(c7)CCC=C8)c7ccc8ccccc8c7)cc6)cc5c43)s2)CC1. The van der Waals surface area contributed by atoms with Gasteiger partial charge in [0.1, 0.15) is 5.01 Å². The van der Waals surface area contributed by atoms with Crippen LogP contribution < -0.4 is 4.90 Å². The summed E-state index contributed by atoms with van der Waals surface area (Å²) in [4.78, 5) is 7.81. The molecule has 8 aromatic rings. The average Bonchev–Trinajstić information content (AvgIpc) is 3.65. The van der Waals surface area contributed by atoms with E-state index in [2.05, 4.69) is 170 Å². The number of anilines is 3. The second-order valence-electron chi connectivity index (χ2n) is 15.1. The van der Waals surface area contributed by atoms with Gasteiger partial charge < -0.3 is 4.90 Å². The summed E-state index contributed by atoms with van der Waals surface area (Å²) in [6.45, 7) is 4.67. The quantitative estimate of drug-likeness (QED) is 0.132. The van der Waals surface area contributed by atoms with Crippen molar-refractivity contribution in [3.05, 3.63) is 162 Å². The van der Waals surface area contributed by atoms with Gasteiger partial charge in [0.2, 0.25) is 0 Å². The highest BCUT2D eigenvalue weighted by Crippen LogP contribution is 2.44. The monoisotopic (exact) mass is 688 g/mol. The Morgan fingerprint density at radius 1 is 0.712 bits per heavy atom. The van der Waals surface area contributed by atoms with Gasteiger partial charge >= 0.3 is 0 Å². The highest BCUT2D eigenvalue weighted by molar-refractivity contribution is 7.18. The van der Waals surface area contributed by atoms with Crippen molar-refractivity contribution < 1.29 is 0 Å². The summed E-state index contributed by atoms with van der Waals surface area (Å²) in [5.74, 6) is 0.641. The van der Waals surface area contributed by atoms with Crippen molar-refractivity contribution in [2.45, 2.75) is 44.9 Å². The van der Waals surface area contributed by atoms with Gasteiger partial charge in [-0.25, -0.2) is 4.98 Å². The summed E-state index contributed by atoms with van der Waals surface area (Å²) in [5.41, 5.74) is 9.78. The molecule has 1 aromatic heterocycles. The number of hydrogen-bond donors (Lipinski definition) is 0. The molecule has 0 N–H and O–H groups in total. The number of hydrogen-bond acceptors (Lipinski definition) is 3. The normalized spacial score (nSPS) is 18.4. The van der Waals surface area contributed by atoms with Crippen molar-refractivity contribution in [1.82, 2.24) is 4.98 Å². The summed E-state index contributed by atoms with van der Waals surface area (Å²) in [5, 5.41) is 8.74. The standard InChI is InChI=1S/C49H40N2S/c1-32-25-27-49(2,28-26-32)48-50-47-45(52-48)24-19-37-13-11-36-12-14-40(31-44(36)46(37)47)35-15-20-41(21-16-35)51(42-22-17-33-7-3-5-9-38(33)29-42)43-23-18-34-8-4-6-10-39(34)30-43/h3-5,7-9,11-25,27,29-32H,6,10,26,28H2,1-2H3. The van der Waals surface area contributed by atoms with Gasteiger partial charge in [-0.2, -0.15) is 0 Å². The van der Waals surface area contributed by atoms with Crippen LogP contribution in [0.4, 0.5) is 17.1 Å². The third-order valence-corrected chi connectivity index (χ3v) is 12.8. The molecule has 0 spiro atoms. The predicted octanol–water partition coefficient (Wildman–Crippen LogP) is 14.1. The number of rotatable bonds is 5. The number of thiazole rings is 1. The number of benzene rings is 7. The minimum atomic E-state index is -0.00309. The van der Waals surface area contributed by atoms with Crippen LogP contribution in [0, 0.1) is 5.92 Å². The summed E-state index contributed by atoms with van der Waals surface area (Å²) in [7, 11) is 0. The van der Waals surface area contributed by atoms with E-state index in [1.54, 1.807) is 0 Å². The molecule has 2 atom stereocenters. The minimum Gasteiger partial charge on any atom is -0.310 e. The fourth-order valence-corrected chi connectivity index (χ4v) is 9.47. The van der Waals surface area contributed by atoms with Crippen LogP contribution in [0.5, 0.6) is 0 Å². The van der Waals surface area contributed by atoms with Crippen molar-refractivity contribution in [2.75, 3.05) is 4.90 Å². The Labute approximate surface area is 309 Å². The van der Waals surface area contributed by atoms with E-state index in [1.807, 2.05) is 11.3 Å². The van der Waals surface area contributed by atoms with Gasteiger partial charge in [0.15, 0.2) is 0 Å². The number of aryl methyl sites for hydroxylation is 1. The predicted molar refractivity (Wildman–Crippen MR) is 225 cm³/mol. The van der Waals surface area contributed by atoms with Crippen LogP contribution in [0.3, 0.4) is 0 Å². The first kappa shape index (κ1) is 31.2. The fraction of sp³-hybridized carbons (Fsp3) is 0.163. The Kier molecular flexibility index (Phi) is 7.40. The van der Waals surface area contributed by atoms with E-state index in [0.717, 1.165) is 36.2 Å². The van der Waals surface area contributed by atoms with Crippen LogP contribution in [-0.2, 0) is 11.8 Å². The van der Waals surface area contributed by atoms with Crippen molar-refractivity contribution in [1.29, 1.82) is 0 Å². The zero-order valence-corrected chi connectivity index (χ0v) is 30.5. The Morgan fingerprint density at radius 3 is 2.31 bits per heavy atom. The van der Waals surface area contributed by atoms with Crippen LogP contribution >= 0.6 is 11.3 Å². The smallest absolute Gasteiger partial charge is 0.104 e. The number of aromatic nitrogens is 1. The van der Waals surface area contributed by atoms with Crippen molar-refractivity contribution in [3.8, 4) is 11.1 Å². The highest BCUT2D eigenvalue weighted by atomic mass is 32.1. The fourth-order valence-electron chi connectivity index (χ4n) is 8.34. The third kappa shape index (κ3) is 5.34. The summed E-state index contributed by atoms with van der Waals surface area (Å²) < 4.78 is 1.27. The second-order valence-corrected chi connectivity index (χ2v) is 16.1. The van der Waals surface area contributed by atoms with Gasteiger partial charge in [0.25, 0.3) is 0 Å². The zero-order chi connectivity index (χ0) is 34.8. The first-order chi connectivity index (χ1) is 25.5. The number of allylic oxidation sites excluding steroid dienone is 3. The molecule has 0 radical (unpaired) electrons. The second kappa shape index (κ2) is 12.3. The van der Waals surface area contributed by atoms with Gasteiger partial charge in [-0.05, 0) is 136 Å². The van der Waals surface area contributed by atoms with Gasteiger partial charge in [0, 0.05) is 27.9 Å². The maximum absolute atomic E-state index is 5.41. The van der Waals surface area contributed by atoms with E-state index in [0.29, 0.717) is 5.92 Å². The summed E-state index contributed by atoms with van der Waals surface area (Å²) in [6, 6.07) is 47.4. The first-order valence-electron chi connectivity index (χ1n) is 18.6. The molecule has 0 saturated carbocycles. The Morgan fingerprint density at radius 2 is 1.44 bits per heavy atom. The lowest BCUT2D eigenvalue weighted by Gasteiger charge is -2.29. The molecule has 0 amide bonds. The maximum Gasteiger partial charge on any atom is 0.104 e. The molecule has 2 aliphatic carbocycles. The molecule has 10 rings (SSSR count). The molecular formula is C49H40N2S. The lowest BCUT2D eigenvalue weighted by molar-refractivity contribution is 0.441. The molecule has 2 unspecified atom stereocenters. The molecule has 0 aliphatic heterocycles. The van der Waals surface area contributed by atoms with Crippen LogP contribution in [-0.4, -0.2) is 4.98 Å². The Hall–Kier alpha value is -5.51. The molecule has 252 valence electrons. The largest absolute Gasteiger partial charge is 0.310 e. The molecular weight excluding hydrogens is 649 g/mol. The molecule has 2 nitrogen and oxygen atoms in total. The van der Waals surface area contributed by atoms with E-state index < -0.39 is 0 Å². The van der Waals surface area contributed by atoms with Gasteiger partial charge in [-0.1, -0.05) is 110 Å². The molecule has 0 bridgehead atoms. The minimum absolute atomic E-state index is 0.00309. The van der Waals surface area contributed by atoms with Crippen molar-refractivity contribution in [2.24, 2.45) is 5.92 Å². The summed E-state index contributed by atoms with van der Waals surface area (Å²) in [6.07, 6.45) is 13.8. The average molecular weight is 689 g/mol. The highest BCUT2D eigenvalue weighted by Gasteiger charge is 2.31. The number of fused-ring (bicyclic) bond motifs is 7. The first-order valence-corrected chi connectivity index (χ1v) is 19.5. The Balaban J connectivity index is 1.07. The molecule has 0 fully saturated rings. The molecule has 0 saturated heterocycles. The lowest BCUT2D eigenvalue weighted by atomic mass is 9.78. The van der Waals surface area contributed by atoms with E-state index in [-0.39, 0.29) is 5.41 Å². The van der Waals surface area contributed by atoms with Crippen LogP contribution in [0.15, 0.2) is 146 Å². The molecule has 3 heteroatoms. The molecule has 52 heavy (non-hydrogen) atoms. The van der Waals surface area contributed by atoms with E-state index in [1.165, 1.54) is 76.4 Å². The third-order valence-electron chi connectivity index (χ3n) is 11.5. The zero-order valence-electron chi connectivity index (χ0n) is 29.6. The van der Waals surface area contributed by atoms with Gasteiger partial charge in [-0.15, -0.1) is 11.3 Å². The molecule has 2 aliphatic rings. The topological polar surface area (TPSA) is 16.1 Å². The van der Waals surface area contributed by atoms with Crippen molar-refractivity contribution >= 4 is 77.0 Å². The van der Waals surface area contributed by atoms with E-state index >= 15 is 0 Å². The van der Waals surface area contributed by atoms with Crippen LogP contribution in [0.1, 0.15) is 49.2 Å². The molecule has 1 heterocycles. The number of nitrogens with zero attached hydrogens (tertiary/aromatic N) is 2.